The van der Waals surface area contributed by atoms with Crippen molar-refractivity contribution in [1.82, 2.24) is 20.1 Å². The molecule has 5 heteroatoms. The van der Waals surface area contributed by atoms with Gasteiger partial charge in [0.15, 0.2) is 0 Å². The molecule has 3 atom stereocenters. The van der Waals surface area contributed by atoms with Crippen molar-refractivity contribution in [3.8, 4) is 0 Å². The number of hydrogen-bond acceptors (Lipinski definition) is 4. The van der Waals surface area contributed by atoms with Gasteiger partial charge >= 0.3 is 0 Å². The number of aliphatic hydroxyl groups excluding tert-OH is 1. The highest BCUT2D eigenvalue weighted by atomic mass is 16.3. The third kappa shape index (κ3) is 1.68. The second kappa shape index (κ2) is 4.03. The van der Waals surface area contributed by atoms with E-state index in [2.05, 4.69) is 40.9 Å². The van der Waals surface area contributed by atoms with Gasteiger partial charge in [-0.3, -0.25) is 0 Å². The van der Waals surface area contributed by atoms with Crippen molar-refractivity contribution in [2.45, 2.75) is 64.8 Å². The Balaban J connectivity index is 1.70. The van der Waals surface area contributed by atoms with Crippen LogP contribution >= 0.6 is 0 Å². The van der Waals surface area contributed by atoms with Gasteiger partial charge in [-0.25, -0.2) is 0 Å². The summed E-state index contributed by atoms with van der Waals surface area (Å²) in [7, 11) is 0. The topological polar surface area (TPSA) is 63.0 Å². The molecule has 1 fully saturated rings. The lowest BCUT2D eigenvalue weighted by atomic mass is 9.64. The normalized spacial score (nSPS) is 30.9. The van der Waals surface area contributed by atoms with E-state index in [1.165, 1.54) is 6.42 Å². The molecule has 5 nitrogen and oxygen atoms in total. The van der Waals surface area contributed by atoms with Gasteiger partial charge in [-0.05, 0) is 19.8 Å². The number of hydrogen-bond donors (Lipinski definition) is 2. The number of aromatic nitrogens is 3. The first-order chi connectivity index (χ1) is 8.50. The fraction of sp³-hybridized carbons (Fsp3) is 0.846. The van der Waals surface area contributed by atoms with Crippen LogP contribution in [-0.4, -0.2) is 32.0 Å². The van der Waals surface area contributed by atoms with E-state index >= 15 is 0 Å². The summed E-state index contributed by atoms with van der Waals surface area (Å²) in [6.07, 6.45) is 2.87. The second-order valence-corrected chi connectivity index (χ2v) is 6.24. The third-order valence-electron chi connectivity index (χ3n) is 4.69. The smallest absolute Gasteiger partial charge is 0.149 e. The lowest BCUT2D eigenvalue weighted by Gasteiger charge is -2.50. The first kappa shape index (κ1) is 12.1. The Kier molecular flexibility index (Phi) is 2.71. The average Bonchev–Trinajstić information content (AvgIpc) is 2.89. The molecular weight excluding hydrogens is 228 g/mol. The molecule has 3 rings (SSSR count). The summed E-state index contributed by atoms with van der Waals surface area (Å²) in [4.78, 5) is 0. The zero-order chi connectivity index (χ0) is 12.9. The van der Waals surface area contributed by atoms with Crippen LogP contribution < -0.4 is 5.32 Å². The van der Waals surface area contributed by atoms with Crippen molar-refractivity contribution in [2.24, 2.45) is 5.41 Å². The molecule has 0 radical (unpaired) electrons. The van der Waals surface area contributed by atoms with Crippen molar-refractivity contribution in [3.05, 3.63) is 11.6 Å². The van der Waals surface area contributed by atoms with Crippen LogP contribution in [0.25, 0.3) is 0 Å². The summed E-state index contributed by atoms with van der Waals surface area (Å²) >= 11 is 0. The van der Waals surface area contributed by atoms with E-state index < -0.39 is 0 Å². The van der Waals surface area contributed by atoms with E-state index in [0.717, 1.165) is 31.0 Å². The maximum atomic E-state index is 9.77. The van der Waals surface area contributed by atoms with Crippen molar-refractivity contribution < 1.29 is 5.11 Å². The molecule has 2 heterocycles. The summed E-state index contributed by atoms with van der Waals surface area (Å²) < 4.78 is 2.24. The zero-order valence-electron chi connectivity index (χ0n) is 11.3. The standard InChI is InChI=1S/C13H22N4O/c1-8(14-9-7-10(18)13(9,2)3)12-16-15-11-5-4-6-17(11)12/h8-10,14,18H,4-7H2,1-3H3. The predicted molar refractivity (Wildman–Crippen MR) is 68.1 cm³/mol. The van der Waals surface area contributed by atoms with Gasteiger partial charge in [0.25, 0.3) is 0 Å². The summed E-state index contributed by atoms with van der Waals surface area (Å²) in [5, 5.41) is 21.9. The molecule has 3 unspecified atom stereocenters. The quantitative estimate of drug-likeness (QED) is 0.841. The van der Waals surface area contributed by atoms with Gasteiger partial charge in [-0.1, -0.05) is 13.8 Å². The number of aryl methyl sites for hydroxylation is 1. The van der Waals surface area contributed by atoms with Crippen molar-refractivity contribution in [2.75, 3.05) is 0 Å². The summed E-state index contributed by atoms with van der Waals surface area (Å²) in [5.41, 5.74) is -0.0396. The molecule has 18 heavy (non-hydrogen) atoms. The number of aliphatic hydroxyl groups is 1. The molecule has 0 spiro atoms. The maximum Gasteiger partial charge on any atom is 0.149 e. The molecule has 1 saturated carbocycles. The van der Waals surface area contributed by atoms with Crippen LogP contribution in [0, 0.1) is 5.41 Å². The highest BCUT2D eigenvalue weighted by molar-refractivity contribution is 5.08. The molecular formula is C13H22N4O. The Hall–Kier alpha value is -0.940. The van der Waals surface area contributed by atoms with Crippen LogP contribution in [0.2, 0.25) is 0 Å². The highest BCUT2D eigenvalue weighted by Gasteiger charge is 2.47. The summed E-state index contributed by atoms with van der Waals surface area (Å²) in [6.45, 7) is 7.40. The minimum absolute atomic E-state index is 0.0396. The molecule has 1 aliphatic carbocycles. The van der Waals surface area contributed by atoms with Crippen LogP contribution in [0.1, 0.15) is 51.3 Å². The Morgan fingerprint density at radius 3 is 2.89 bits per heavy atom. The number of fused-ring (bicyclic) bond motifs is 1. The molecule has 1 aromatic rings. The zero-order valence-corrected chi connectivity index (χ0v) is 11.3. The average molecular weight is 250 g/mol. The van der Waals surface area contributed by atoms with E-state index in [1.807, 2.05) is 0 Å². The predicted octanol–water partition coefficient (Wildman–Crippen LogP) is 1.03. The monoisotopic (exact) mass is 250 g/mol. The molecule has 0 saturated heterocycles. The van der Waals surface area contributed by atoms with Gasteiger partial charge in [-0.15, -0.1) is 10.2 Å². The minimum Gasteiger partial charge on any atom is -0.392 e. The largest absolute Gasteiger partial charge is 0.392 e. The van der Waals surface area contributed by atoms with Crippen LogP contribution in [0.15, 0.2) is 0 Å². The van der Waals surface area contributed by atoms with Gasteiger partial charge in [0.1, 0.15) is 11.6 Å². The minimum atomic E-state index is -0.189. The van der Waals surface area contributed by atoms with E-state index in [9.17, 15) is 5.11 Å². The number of nitrogens with one attached hydrogen (secondary N) is 1. The maximum absolute atomic E-state index is 9.77. The van der Waals surface area contributed by atoms with Crippen molar-refractivity contribution in [3.63, 3.8) is 0 Å². The fourth-order valence-electron chi connectivity index (χ4n) is 3.05. The van der Waals surface area contributed by atoms with E-state index in [-0.39, 0.29) is 17.6 Å². The van der Waals surface area contributed by atoms with Gasteiger partial charge < -0.3 is 15.0 Å². The second-order valence-electron chi connectivity index (χ2n) is 6.24. The summed E-state index contributed by atoms with van der Waals surface area (Å²) in [6, 6.07) is 0.554. The Morgan fingerprint density at radius 1 is 1.44 bits per heavy atom. The lowest BCUT2D eigenvalue weighted by molar-refractivity contribution is -0.0758. The van der Waals surface area contributed by atoms with Gasteiger partial charge in [0.05, 0.1) is 12.1 Å². The molecule has 0 amide bonds. The first-order valence-electron chi connectivity index (χ1n) is 6.86. The highest BCUT2D eigenvalue weighted by Crippen LogP contribution is 2.41. The Morgan fingerprint density at radius 2 is 2.22 bits per heavy atom. The van der Waals surface area contributed by atoms with Gasteiger partial charge in [0, 0.05) is 24.4 Å². The third-order valence-corrected chi connectivity index (χ3v) is 4.69. The SMILES string of the molecule is CC(NC1CC(O)C1(C)C)c1nnc2n1CCC2. The van der Waals surface area contributed by atoms with Crippen LogP contribution in [0.5, 0.6) is 0 Å². The molecule has 0 aromatic carbocycles. The van der Waals surface area contributed by atoms with Crippen LogP contribution in [-0.2, 0) is 13.0 Å². The van der Waals surface area contributed by atoms with Gasteiger partial charge in [-0.2, -0.15) is 0 Å². The van der Waals surface area contributed by atoms with E-state index in [4.69, 9.17) is 0 Å². The van der Waals surface area contributed by atoms with Crippen LogP contribution in [0.3, 0.4) is 0 Å². The number of nitrogens with zero attached hydrogens (tertiary/aromatic N) is 3. The van der Waals surface area contributed by atoms with E-state index in [0.29, 0.717) is 6.04 Å². The van der Waals surface area contributed by atoms with Gasteiger partial charge in [0.2, 0.25) is 0 Å². The summed E-state index contributed by atoms with van der Waals surface area (Å²) in [5.74, 6) is 2.16. The van der Waals surface area contributed by atoms with E-state index in [1.54, 1.807) is 0 Å². The number of rotatable bonds is 3. The Bertz CT molecular complexity index is 454. The molecule has 1 aliphatic heterocycles. The molecule has 1 aromatic heterocycles. The molecule has 0 bridgehead atoms. The van der Waals surface area contributed by atoms with Crippen molar-refractivity contribution in [1.29, 1.82) is 0 Å². The van der Waals surface area contributed by atoms with Crippen molar-refractivity contribution >= 4 is 0 Å². The van der Waals surface area contributed by atoms with Crippen LogP contribution in [0.4, 0.5) is 0 Å². The Labute approximate surface area is 108 Å². The molecule has 2 N–H and O–H groups in total. The molecule has 100 valence electrons. The first-order valence-corrected chi connectivity index (χ1v) is 6.86. The fourth-order valence-corrected chi connectivity index (χ4v) is 3.05. The lowest BCUT2D eigenvalue weighted by Crippen LogP contribution is -2.60. The molecule has 2 aliphatic rings.